The van der Waals surface area contributed by atoms with Gasteiger partial charge in [-0.25, -0.2) is 0 Å². The molecule has 4 N–H and O–H groups in total. The molecule has 1 heterocycles. The molecule has 0 saturated carbocycles. The van der Waals surface area contributed by atoms with Crippen molar-refractivity contribution < 1.29 is 14.6 Å². The molecule has 0 radical (unpaired) electrons. The summed E-state index contributed by atoms with van der Waals surface area (Å²) in [5, 5.41) is 13.1. The van der Waals surface area contributed by atoms with Gasteiger partial charge in [-0.15, -0.1) is 0 Å². The first-order valence-electron chi connectivity index (χ1n) is 6.17. The summed E-state index contributed by atoms with van der Waals surface area (Å²) in [6.07, 6.45) is 0.671. The molecule has 1 aliphatic heterocycles. The highest BCUT2D eigenvalue weighted by Gasteiger charge is 2.19. The Bertz CT molecular complexity index is 432. The predicted octanol–water partition coefficient (Wildman–Crippen LogP) is 1.61. The fourth-order valence-corrected chi connectivity index (χ4v) is 1.67. The van der Waals surface area contributed by atoms with Crippen LogP contribution in [0.15, 0.2) is 12.1 Å². The predicted molar refractivity (Wildman–Crippen MR) is 71.2 cm³/mol. The summed E-state index contributed by atoms with van der Waals surface area (Å²) in [5.74, 6) is 1.36. The second-order valence-electron chi connectivity index (χ2n) is 4.79. The first-order chi connectivity index (χ1) is 8.52. The average Bonchev–Trinajstić information content (AvgIpc) is 2.36. The molecule has 5 nitrogen and oxygen atoms in total. The highest BCUT2D eigenvalue weighted by atomic mass is 16.6. The summed E-state index contributed by atoms with van der Waals surface area (Å²) in [5.41, 5.74) is 6.53. The van der Waals surface area contributed by atoms with Crippen molar-refractivity contribution in [3.05, 3.63) is 12.1 Å². The largest absolute Gasteiger partial charge is 0.486 e. The van der Waals surface area contributed by atoms with E-state index in [1.54, 1.807) is 13.0 Å². The first kappa shape index (κ1) is 12.8. The van der Waals surface area contributed by atoms with Crippen molar-refractivity contribution in [2.24, 2.45) is 0 Å². The second-order valence-corrected chi connectivity index (χ2v) is 4.79. The van der Waals surface area contributed by atoms with Crippen LogP contribution >= 0.6 is 0 Å². The van der Waals surface area contributed by atoms with E-state index >= 15 is 0 Å². The number of nitrogen functional groups attached to an aromatic ring is 1. The van der Waals surface area contributed by atoms with E-state index in [-0.39, 0.29) is 0 Å². The van der Waals surface area contributed by atoms with Gasteiger partial charge in [0.1, 0.15) is 13.2 Å². The van der Waals surface area contributed by atoms with E-state index in [9.17, 15) is 5.11 Å². The minimum atomic E-state index is -0.750. The van der Waals surface area contributed by atoms with Gasteiger partial charge in [0.15, 0.2) is 11.5 Å². The fraction of sp³-hybridized carbons (Fsp3) is 0.538. The lowest BCUT2D eigenvalue weighted by Gasteiger charge is -2.24. The maximum absolute atomic E-state index is 9.95. The molecule has 0 aliphatic carbocycles. The number of aliphatic hydroxyl groups is 1. The van der Waals surface area contributed by atoms with Gasteiger partial charge in [-0.1, -0.05) is 6.92 Å². The molecule has 0 amide bonds. The molecular formula is C13H20N2O3. The molecule has 2 rings (SSSR count). The molecule has 1 unspecified atom stereocenters. The zero-order valence-corrected chi connectivity index (χ0v) is 10.8. The second kappa shape index (κ2) is 4.94. The molecule has 5 heteroatoms. The molecule has 0 spiro atoms. The number of anilines is 2. The molecule has 100 valence electrons. The minimum absolute atomic E-state index is 0.438. The van der Waals surface area contributed by atoms with Crippen LogP contribution in [-0.4, -0.2) is 30.5 Å². The number of hydrogen-bond donors (Lipinski definition) is 3. The Hall–Kier alpha value is -1.62. The number of rotatable bonds is 4. The van der Waals surface area contributed by atoms with Gasteiger partial charge in [-0.2, -0.15) is 0 Å². The van der Waals surface area contributed by atoms with E-state index in [4.69, 9.17) is 15.2 Å². The molecule has 1 aromatic rings. The quantitative estimate of drug-likeness (QED) is 0.710. The van der Waals surface area contributed by atoms with Crippen molar-refractivity contribution in [2.75, 3.05) is 30.8 Å². The van der Waals surface area contributed by atoms with Crippen molar-refractivity contribution in [2.45, 2.75) is 25.9 Å². The van der Waals surface area contributed by atoms with Crippen molar-refractivity contribution in [3.63, 3.8) is 0 Å². The molecule has 0 bridgehead atoms. The van der Waals surface area contributed by atoms with Gasteiger partial charge >= 0.3 is 0 Å². The third-order valence-electron chi connectivity index (χ3n) is 3.14. The van der Waals surface area contributed by atoms with Gasteiger partial charge in [0, 0.05) is 18.7 Å². The number of benzene rings is 1. The Kier molecular flexibility index (Phi) is 3.52. The van der Waals surface area contributed by atoms with Crippen LogP contribution in [0.25, 0.3) is 0 Å². The lowest BCUT2D eigenvalue weighted by molar-refractivity contribution is 0.0697. The topological polar surface area (TPSA) is 76.7 Å². The molecule has 1 aliphatic rings. The zero-order valence-electron chi connectivity index (χ0n) is 10.8. The smallest absolute Gasteiger partial charge is 0.163 e. The third-order valence-corrected chi connectivity index (χ3v) is 3.14. The van der Waals surface area contributed by atoms with Gasteiger partial charge < -0.3 is 25.6 Å². The SMILES string of the molecule is CCC(C)(O)CNc1cc2c(cc1N)OCCO2. The van der Waals surface area contributed by atoms with E-state index in [1.807, 2.05) is 13.0 Å². The summed E-state index contributed by atoms with van der Waals surface area (Å²) in [7, 11) is 0. The van der Waals surface area contributed by atoms with Crippen molar-refractivity contribution >= 4 is 11.4 Å². The van der Waals surface area contributed by atoms with Gasteiger partial charge in [-0.05, 0) is 13.3 Å². The van der Waals surface area contributed by atoms with E-state index in [1.165, 1.54) is 0 Å². The summed E-state index contributed by atoms with van der Waals surface area (Å²) in [6, 6.07) is 3.56. The average molecular weight is 252 g/mol. The lowest BCUT2D eigenvalue weighted by atomic mass is 10.0. The molecule has 1 atom stereocenters. The van der Waals surface area contributed by atoms with Crippen LogP contribution < -0.4 is 20.5 Å². The Morgan fingerprint density at radius 1 is 1.33 bits per heavy atom. The molecular weight excluding hydrogens is 232 g/mol. The number of fused-ring (bicyclic) bond motifs is 1. The van der Waals surface area contributed by atoms with Crippen molar-refractivity contribution in [3.8, 4) is 11.5 Å². The van der Waals surface area contributed by atoms with E-state index in [0.29, 0.717) is 43.4 Å². The summed E-state index contributed by atoms with van der Waals surface area (Å²) >= 11 is 0. The number of nitrogens with one attached hydrogen (secondary N) is 1. The van der Waals surface area contributed by atoms with Crippen LogP contribution in [0.4, 0.5) is 11.4 Å². The van der Waals surface area contributed by atoms with Gasteiger partial charge in [-0.3, -0.25) is 0 Å². The lowest BCUT2D eigenvalue weighted by Crippen LogP contribution is -2.32. The number of hydrogen-bond acceptors (Lipinski definition) is 5. The van der Waals surface area contributed by atoms with E-state index in [0.717, 1.165) is 5.69 Å². The highest BCUT2D eigenvalue weighted by Crippen LogP contribution is 2.37. The van der Waals surface area contributed by atoms with Gasteiger partial charge in [0.2, 0.25) is 0 Å². The molecule has 1 aromatic carbocycles. The Morgan fingerprint density at radius 2 is 1.94 bits per heavy atom. The minimum Gasteiger partial charge on any atom is -0.486 e. The molecule has 0 fully saturated rings. The maximum Gasteiger partial charge on any atom is 0.163 e. The van der Waals surface area contributed by atoms with Gasteiger partial charge in [0.05, 0.1) is 17.0 Å². The Balaban J connectivity index is 2.13. The standard InChI is InChI=1S/C13H20N2O3/c1-3-13(2,16)8-15-10-7-12-11(6-9(10)14)17-4-5-18-12/h6-7,15-16H,3-5,8,14H2,1-2H3. The fourth-order valence-electron chi connectivity index (χ4n) is 1.67. The van der Waals surface area contributed by atoms with Crippen LogP contribution in [0, 0.1) is 0 Å². The highest BCUT2D eigenvalue weighted by molar-refractivity contribution is 5.72. The molecule has 0 saturated heterocycles. The van der Waals surface area contributed by atoms with Gasteiger partial charge in [0.25, 0.3) is 0 Å². The summed E-state index contributed by atoms with van der Waals surface area (Å²) in [6.45, 7) is 5.25. The van der Waals surface area contributed by atoms with E-state index in [2.05, 4.69) is 5.32 Å². The van der Waals surface area contributed by atoms with Crippen LogP contribution in [0.2, 0.25) is 0 Å². The summed E-state index contributed by atoms with van der Waals surface area (Å²) < 4.78 is 10.9. The van der Waals surface area contributed by atoms with Crippen molar-refractivity contribution in [1.82, 2.24) is 0 Å². The van der Waals surface area contributed by atoms with Crippen molar-refractivity contribution in [1.29, 1.82) is 0 Å². The normalized spacial score (nSPS) is 17.1. The summed E-state index contributed by atoms with van der Waals surface area (Å²) in [4.78, 5) is 0. The van der Waals surface area contributed by atoms with Crippen LogP contribution in [0.3, 0.4) is 0 Å². The number of ether oxygens (including phenoxy) is 2. The van der Waals surface area contributed by atoms with E-state index < -0.39 is 5.60 Å². The zero-order chi connectivity index (χ0) is 13.2. The molecule has 0 aromatic heterocycles. The molecule has 18 heavy (non-hydrogen) atoms. The Labute approximate surface area is 107 Å². The maximum atomic E-state index is 9.95. The first-order valence-corrected chi connectivity index (χ1v) is 6.17. The van der Waals surface area contributed by atoms with Crippen LogP contribution in [0.1, 0.15) is 20.3 Å². The van der Waals surface area contributed by atoms with Crippen LogP contribution in [0.5, 0.6) is 11.5 Å². The third kappa shape index (κ3) is 2.79. The van der Waals surface area contributed by atoms with Crippen LogP contribution in [-0.2, 0) is 0 Å². The Morgan fingerprint density at radius 3 is 2.56 bits per heavy atom. The number of nitrogens with two attached hydrogens (primary N) is 1. The monoisotopic (exact) mass is 252 g/mol.